The van der Waals surface area contributed by atoms with Gasteiger partial charge in [0.15, 0.2) is 0 Å². The van der Waals surface area contributed by atoms with Crippen LogP contribution in [0.1, 0.15) is 37.0 Å². The van der Waals surface area contributed by atoms with E-state index in [1.54, 1.807) is 11.3 Å². The summed E-state index contributed by atoms with van der Waals surface area (Å²) >= 11 is 7.81. The van der Waals surface area contributed by atoms with Crippen LogP contribution in [0.3, 0.4) is 0 Å². The zero-order chi connectivity index (χ0) is 10.6. The van der Waals surface area contributed by atoms with Crippen molar-refractivity contribution in [2.45, 2.75) is 44.2 Å². The van der Waals surface area contributed by atoms with Crippen LogP contribution >= 0.6 is 22.9 Å². The molecule has 0 spiro atoms. The molecule has 1 fully saturated rings. The Kier molecular flexibility index (Phi) is 4.00. The second kappa shape index (κ2) is 5.28. The molecule has 0 amide bonds. The zero-order valence-corrected chi connectivity index (χ0v) is 10.4. The van der Waals surface area contributed by atoms with E-state index in [0.717, 1.165) is 12.4 Å². The lowest BCUT2D eigenvalue weighted by molar-refractivity contribution is 0.257. The number of rotatable bonds is 4. The van der Waals surface area contributed by atoms with E-state index in [1.807, 2.05) is 11.7 Å². The molecule has 1 saturated carbocycles. The first kappa shape index (κ1) is 11.4. The molecule has 1 N–H and O–H groups in total. The number of thiazole rings is 1. The smallest absolute Gasteiger partial charge is 0.0794 e. The predicted molar refractivity (Wildman–Crippen MR) is 65.5 cm³/mol. The molecular formula is C11H17ClN2S. The van der Waals surface area contributed by atoms with Crippen molar-refractivity contribution in [2.24, 2.45) is 0 Å². The Hall–Kier alpha value is -0.120. The van der Waals surface area contributed by atoms with Gasteiger partial charge < -0.3 is 5.32 Å². The summed E-state index contributed by atoms with van der Waals surface area (Å²) in [6.45, 7) is 0.914. The minimum absolute atomic E-state index is 0.184. The minimum atomic E-state index is 0.184. The number of hydrogen-bond acceptors (Lipinski definition) is 3. The molecule has 0 saturated heterocycles. The van der Waals surface area contributed by atoms with Gasteiger partial charge in [0.25, 0.3) is 0 Å². The number of nitrogens with one attached hydrogen (secondary N) is 1. The molecule has 0 bridgehead atoms. The van der Waals surface area contributed by atoms with Gasteiger partial charge in [0.1, 0.15) is 0 Å². The van der Waals surface area contributed by atoms with Gasteiger partial charge in [-0.3, -0.25) is 4.98 Å². The van der Waals surface area contributed by atoms with Crippen LogP contribution in [0.4, 0.5) is 0 Å². The summed E-state index contributed by atoms with van der Waals surface area (Å²) < 4.78 is 0. The topological polar surface area (TPSA) is 24.9 Å². The number of halogens is 1. The van der Waals surface area contributed by atoms with Crippen molar-refractivity contribution in [2.75, 3.05) is 5.88 Å². The highest BCUT2D eigenvalue weighted by Crippen LogP contribution is 2.29. The zero-order valence-electron chi connectivity index (χ0n) is 8.84. The molecule has 15 heavy (non-hydrogen) atoms. The van der Waals surface area contributed by atoms with Crippen molar-refractivity contribution < 1.29 is 0 Å². The van der Waals surface area contributed by atoms with Crippen LogP contribution in [0.25, 0.3) is 0 Å². The fourth-order valence-corrected chi connectivity index (χ4v) is 3.09. The van der Waals surface area contributed by atoms with E-state index >= 15 is 0 Å². The summed E-state index contributed by atoms with van der Waals surface area (Å²) in [5, 5.41) is 3.63. The van der Waals surface area contributed by atoms with Gasteiger partial charge in [-0.1, -0.05) is 19.3 Å². The normalized spacial score (nSPS) is 20.3. The lowest BCUT2D eigenvalue weighted by Gasteiger charge is -2.36. The second-order valence-electron chi connectivity index (χ2n) is 4.30. The molecule has 0 aromatic carbocycles. The average molecular weight is 245 g/mol. The van der Waals surface area contributed by atoms with Crippen LogP contribution in [0.2, 0.25) is 0 Å². The fourth-order valence-electron chi connectivity index (χ4n) is 2.19. The SMILES string of the molecule is ClCC1(NCc2cncs2)CCCCC1. The number of aromatic nitrogens is 1. The highest BCUT2D eigenvalue weighted by molar-refractivity contribution is 7.09. The van der Waals surface area contributed by atoms with E-state index in [4.69, 9.17) is 11.6 Å². The molecule has 84 valence electrons. The third-order valence-electron chi connectivity index (χ3n) is 3.19. The summed E-state index contributed by atoms with van der Waals surface area (Å²) in [4.78, 5) is 5.38. The van der Waals surface area contributed by atoms with Gasteiger partial charge >= 0.3 is 0 Å². The monoisotopic (exact) mass is 244 g/mol. The van der Waals surface area contributed by atoms with Gasteiger partial charge in [-0.2, -0.15) is 0 Å². The molecule has 4 heteroatoms. The van der Waals surface area contributed by atoms with Crippen LogP contribution in [0.5, 0.6) is 0 Å². The number of alkyl halides is 1. The van der Waals surface area contributed by atoms with E-state index in [-0.39, 0.29) is 5.54 Å². The van der Waals surface area contributed by atoms with Gasteiger partial charge in [-0.15, -0.1) is 22.9 Å². The van der Waals surface area contributed by atoms with E-state index in [0.29, 0.717) is 0 Å². The molecule has 0 aliphatic heterocycles. The lowest BCUT2D eigenvalue weighted by atomic mass is 9.83. The Labute approximate surface area is 100 Å². The van der Waals surface area contributed by atoms with Gasteiger partial charge in [0, 0.05) is 29.0 Å². The minimum Gasteiger partial charge on any atom is -0.305 e. The molecule has 2 rings (SSSR count). The Balaban J connectivity index is 1.89. The summed E-state index contributed by atoms with van der Waals surface area (Å²) in [6, 6.07) is 0. The quantitative estimate of drug-likeness (QED) is 0.823. The molecule has 1 aromatic heterocycles. The average Bonchev–Trinajstić information content (AvgIpc) is 2.81. The maximum Gasteiger partial charge on any atom is 0.0794 e. The summed E-state index contributed by atoms with van der Waals surface area (Å²) in [5.41, 5.74) is 2.06. The summed E-state index contributed by atoms with van der Waals surface area (Å²) in [7, 11) is 0. The molecular weight excluding hydrogens is 228 g/mol. The molecule has 0 unspecified atom stereocenters. The standard InChI is InChI=1S/C11H17ClN2S/c12-8-11(4-2-1-3-5-11)14-7-10-6-13-9-15-10/h6,9,14H,1-5,7-8H2. The van der Waals surface area contributed by atoms with Gasteiger partial charge in [0.05, 0.1) is 5.51 Å². The molecule has 1 heterocycles. The van der Waals surface area contributed by atoms with Crippen molar-refractivity contribution in [3.05, 3.63) is 16.6 Å². The maximum atomic E-state index is 6.10. The van der Waals surface area contributed by atoms with Gasteiger partial charge in [0.2, 0.25) is 0 Å². The van der Waals surface area contributed by atoms with Crippen LogP contribution in [-0.4, -0.2) is 16.4 Å². The maximum absolute atomic E-state index is 6.10. The first-order valence-corrected chi connectivity index (χ1v) is 6.94. The predicted octanol–water partition coefficient (Wildman–Crippen LogP) is 3.17. The van der Waals surface area contributed by atoms with E-state index in [9.17, 15) is 0 Å². The molecule has 1 aromatic rings. The Morgan fingerprint density at radius 2 is 2.20 bits per heavy atom. The first-order chi connectivity index (χ1) is 7.35. The van der Waals surface area contributed by atoms with Gasteiger partial charge in [-0.25, -0.2) is 0 Å². The van der Waals surface area contributed by atoms with Crippen LogP contribution in [0.15, 0.2) is 11.7 Å². The van der Waals surface area contributed by atoms with Crippen molar-refractivity contribution in [1.29, 1.82) is 0 Å². The highest BCUT2D eigenvalue weighted by atomic mass is 35.5. The van der Waals surface area contributed by atoms with Crippen molar-refractivity contribution in [3.63, 3.8) is 0 Å². The Morgan fingerprint density at radius 1 is 1.40 bits per heavy atom. The molecule has 1 aliphatic rings. The number of hydrogen-bond donors (Lipinski definition) is 1. The Bertz CT molecular complexity index is 281. The van der Waals surface area contributed by atoms with E-state index < -0.39 is 0 Å². The third kappa shape index (κ3) is 2.92. The molecule has 0 radical (unpaired) electrons. The van der Waals surface area contributed by atoms with E-state index in [1.165, 1.54) is 37.0 Å². The van der Waals surface area contributed by atoms with Crippen molar-refractivity contribution in [3.8, 4) is 0 Å². The Morgan fingerprint density at radius 3 is 2.80 bits per heavy atom. The van der Waals surface area contributed by atoms with Crippen molar-refractivity contribution in [1.82, 2.24) is 10.3 Å². The fraction of sp³-hybridized carbons (Fsp3) is 0.727. The number of nitrogens with zero attached hydrogens (tertiary/aromatic N) is 1. The highest BCUT2D eigenvalue weighted by Gasteiger charge is 2.30. The summed E-state index contributed by atoms with van der Waals surface area (Å²) in [5.74, 6) is 0.728. The van der Waals surface area contributed by atoms with Crippen molar-refractivity contribution >= 4 is 22.9 Å². The third-order valence-corrected chi connectivity index (χ3v) is 4.48. The van der Waals surface area contributed by atoms with E-state index in [2.05, 4.69) is 10.3 Å². The van der Waals surface area contributed by atoms with Crippen LogP contribution in [0, 0.1) is 0 Å². The largest absolute Gasteiger partial charge is 0.305 e. The molecule has 0 atom stereocenters. The summed E-state index contributed by atoms with van der Waals surface area (Å²) in [6.07, 6.45) is 8.35. The van der Waals surface area contributed by atoms with Crippen LogP contribution in [-0.2, 0) is 6.54 Å². The second-order valence-corrected chi connectivity index (χ2v) is 5.53. The van der Waals surface area contributed by atoms with Gasteiger partial charge in [-0.05, 0) is 12.8 Å². The molecule has 2 nitrogen and oxygen atoms in total. The van der Waals surface area contributed by atoms with Crippen LogP contribution < -0.4 is 5.32 Å². The first-order valence-electron chi connectivity index (χ1n) is 5.53. The molecule has 1 aliphatic carbocycles. The lowest BCUT2D eigenvalue weighted by Crippen LogP contribution is -2.47.